The third kappa shape index (κ3) is 2.61. The van der Waals surface area contributed by atoms with E-state index in [1.807, 2.05) is 6.92 Å². The van der Waals surface area contributed by atoms with E-state index in [9.17, 15) is 19.5 Å². The number of fused-ring (bicyclic) bond motifs is 3. The Hall–Kier alpha value is -1.99. The average Bonchev–Trinajstić information content (AvgIpc) is 3.46. The maximum atomic E-state index is 14.1. The molecular weight excluding hydrogens is 424 g/mol. The highest BCUT2D eigenvalue weighted by Gasteiger charge is 2.87. The Morgan fingerprint density at radius 1 is 1.15 bits per heavy atom. The van der Waals surface area contributed by atoms with Gasteiger partial charge in [-0.15, -0.1) is 0 Å². The van der Waals surface area contributed by atoms with E-state index in [1.165, 1.54) is 19.3 Å². The van der Waals surface area contributed by atoms with Gasteiger partial charge in [-0.3, -0.25) is 9.59 Å². The molecule has 1 N–H and O–H groups in total. The second-order valence-electron chi connectivity index (χ2n) is 11.5. The molecule has 2 heterocycles. The lowest BCUT2D eigenvalue weighted by Crippen LogP contribution is -2.61. The Kier molecular flexibility index (Phi) is 4.43. The minimum atomic E-state index is -0.865. The van der Waals surface area contributed by atoms with Crippen molar-refractivity contribution in [2.45, 2.75) is 89.1 Å². The molecule has 0 unspecified atom stereocenters. The van der Waals surface area contributed by atoms with E-state index in [-0.39, 0.29) is 35.2 Å². The predicted molar refractivity (Wildman–Crippen MR) is 116 cm³/mol. The topological polar surface area (TPSA) is 106 Å². The minimum Gasteiger partial charge on any atom is -0.459 e. The normalized spacial score (nSPS) is 49.9. The first-order chi connectivity index (χ1) is 15.6. The SMILES string of the molecule is CC(=O)O[C@H]1[C@H]2O[C@]23[C@@H]2CC[C@@H]4C[C@@H](O)CC[C@]4(C)[C@H]2CC(=O)[C@]3(C)[C@H]1c1ccc(=O)oc1. The standard InChI is InChI=1S/C26H32O7/c1-13(27)32-22-21(14-4-7-20(30)31-12-14)25(3)19(29)11-18-17(26(25)23(22)33-26)6-5-15-10-16(28)8-9-24(15,18)2/h4,7,12,15-18,21-23,28H,5-6,8-11H2,1-3H3/t15-,16+,17-,18+,21+,22-,23-,24+,25-,26-/m1/s1. The monoisotopic (exact) mass is 456 g/mol. The molecule has 7 heteroatoms. The van der Waals surface area contributed by atoms with Crippen molar-refractivity contribution in [2.75, 3.05) is 0 Å². The van der Waals surface area contributed by atoms with E-state index in [1.54, 1.807) is 6.07 Å². The summed E-state index contributed by atoms with van der Waals surface area (Å²) in [5, 5.41) is 10.3. The second-order valence-corrected chi connectivity index (χ2v) is 11.5. The lowest BCUT2D eigenvalue weighted by molar-refractivity contribution is -0.170. The molecule has 0 aromatic carbocycles. The first-order valence-electron chi connectivity index (χ1n) is 12.3. The zero-order valence-electron chi connectivity index (χ0n) is 19.4. The number of hydrogen-bond donors (Lipinski definition) is 1. The average molecular weight is 457 g/mol. The van der Waals surface area contributed by atoms with Gasteiger partial charge in [0.1, 0.15) is 23.6 Å². The van der Waals surface area contributed by atoms with Crippen LogP contribution in [0.3, 0.4) is 0 Å². The molecule has 6 rings (SSSR count). The van der Waals surface area contributed by atoms with Crippen LogP contribution in [0.4, 0.5) is 0 Å². The number of aliphatic hydroxyl groups is 1. The molecule has 5 aliphatic rings. The molecular formula is C26H32O7. The fourth-order valence-electron chi connectivity index (χ4n) is 8.79. The summed E-state index contributed by atoms with van der Waals surface area (Å²) >= 11 is 0. The van der Waals surface area contributed by atoms with Crippen molar-refractivity contribution in [3.8, 4) is 0 Å². The second kappa shape index (κ2) is 6.79. The number of esters is 1. The summed E-state index contributed by atoms with van der Waals surface area (Å²) in [6, 6.07) is 3.05. The van der Waals surface area contributed by atoms with Crippen molar-refractivity contribution in [1.29, 1.82) is 0 Å². The Bertz CT molecular complexity index is 1060. The molecule has 1 aromatic heterocycles. The van der Waals surface area contributed by atoms with Crippen LogP contribution in [0.25, 0.3) is 0 Å². The van der Waals surface area contributed by atoms with Crippen LogP contribution >= 0.6 is 0 Å². The molecule has 5 fully saturated rings. The summed E-state index contributed by atoms with van der Waals surface area (Å²) in [6.45, 7) is 5.67. The Morgan fingerprint density at radius 2 is 1.94 bits per heavy atom. The van der Waals surface area contributed by atoms with Crippen molar-refractivity contribution in [1.82, 2.24) is 0 Å². The number of hydrogen-bond acceptors (Lipinski definition) is 7. The van der Waals surface area contributed by atoms with Gasteiger partial charge in [0, 0.05) is 25.3 Å². The van der Waals surface area contributed by atoms with Gasteiger partial charge >= 0.3 is 11.6 Å². The van der Waals surface area contributed by atoms with Gasteiger partial charge in [0.2, 0.25) is 0 Å². The number of rotatable bonds is 2. The summed E-state index contributed by atoms with van der Waals surface area (Å²) in [4.78, 5) is 37.8. The molecule has 7 nitrogen and oxygen atoms in total. The minimum absolute atomic E-state index is 0.00105. The van der Waals surface area contributed by atoms with E-state index in [0.29, 0.717) is 17.9 Å². The van der Waals surface area contributed by atoms with E-state index < -0.39 is 34.6 Å². The van der Waals surface area contributed by atoms with Crippen molar-refractivity contribution in [3.63, 3.8) is 0 Å². The van der Waals surface area contributed by atoms with Gasteiger partial charge in [-0.25, -0.2) is 4.79 Å². The highest BCUT2D eigenvalue weighted by Crippen LogP contribution is 2.77. The van der Waals surface area contributed by atoms with Gasteiger partial charge in [-0.2, -0.15) is 0 Å². The van der Waals surface area contributed by atoms with Crippen molar-refractivity contribution in [3.05, 3.63) is 34.4 Å². The summed E-state index contributed by atoms with van der Waals surface area (Å²) in [5.74, 6) is 0.122. The number of epoxide rings is 1. The largest absolute Gasteiger partial charge is 0.459 e. The van der Waals surface area contributed by atoms with Crippen molar-refractivity contribution < 1.29 is 28.6 Å². The van der Waals surface area contributed by atoms with Gasteiger partial charge in [0.25, 0.3) is 0 Å². The first-order valence-corrected chi connectivity index (χ1v) is 12.3. The van der Waals surface area contributed by atoms with Crippen LogP contribution in [0.5, 0.6) is 0 Å². The molecule has 0 bridgehead atoms. The summed E-state index contributed by atoms with van der Waals surface area (Å²) in [5.41, 5.74) is -1.29. The van der Waals surface area contributed by atoms with Crippen LogP contribution in [0, 0.1) is 28.6 Å². The van der Waals surface area contributed by atoms with Crippen molar-refractivity contribution >= 4 is 11.8 Å². The zero-order valence-corrected chi connectivity index (χ0v) is 19.4. The lowest BCUT2D eigenvalue weighted by atomic mass is 9.43. The molecule has 0 radical (unpaired) electrons. The smallest absolute Gasteiger partial charge is 0.335 e. The highest BCUT2D eigenvalue weighted by molar-refractivity contribution is 5.91. The van der Waals surface area contributed by atoms with Gasteiger partial charge in [0.05, 0.1) is 17.8 Å². The fourth-order valence-corrected chi connectivity index (χ4v) is 8.79. The van der Waals surface area contributed by atoms with E-state index in [2.05, 4.69) is 6.92 Å². The molecule has 1 aromatic rings. The predicted octanol–water partition coefficient (Wildman–Crippen LogP) is 2.98. The summed E-state index contributed by atoms with van der Waals surface area (Å²) in [6.07, 6.45) is 5.17. The molecule has 1 spiro atoms. The van der Waals surface area contributed by atoms with Gasteiger partial charge in [-0.05, 0) is 73.8 Å². The molecule has 1 aliphatic heterocycles. The maximum Gasteiger partial charge on any atom is 0.335 e. The van der Waals surface area contributed by atoms with Gasteiger partial charge in [0.15, 0.2) is 0 Å². The zero-order chi connectivity index (χ0) is 23.3. The number of Topliss-reactive ketones (excluding diaryl/α,β-unsaturated/α-hetero) is 1. The Labute approximate surface area is 192 Å². The van der Waals surface area contributed by atoms with E-state index in [0.717, 1.165) is 32.1 Å². The maximum absolute atomic E-state index is 14.1. The molecule has 1 saturated heterocycles. The van der Waals surface area contributed by atoms with E-state index in [4.69, 9.17) is 13.9 Å². The Balaban J connectivity index is 1.45. The molecule has 4 saturated carbocycles. The van der Waals surface area contributed by atoms with Gasteiger partial charge < -0.3 is 19.0 Å². The molecule has 0 amide bonds. The van der Waals surface area contributed by atoms with Crippen molar-refractivity contribution in [2.24, 2.45) is 28.6 Å². The molecule has 33 heavy (non-hydrogen) atoms. The summed E-state index contributed by atoms with van der Waals surface area (Å²) in [7, 11) is 0. The number of carbonyl (C=O) groups is 2. The van der Waals surface area contributed by atoms with Crippen LogP contribution in [0.1, 0.15) is 70.8 Å². The third-order valence-corrected chi connectivity index (χ3v) is 10.3. The highest BCUT2D eigenvalue weighted by atomic mass is 16.7. The van der Waals surface area contributed by atoms with Crippen LogP contribution in [0.15, 0.2) is 27.6 Å². The Morgan fingerprint density at radius 3 is 2.64 bits per heavy atom. The quantitative estimate of drug-likeness (QED) is 0.539. The summed E-state index contributed by atoms with van der Waals surface area (Å²) < 4.78 is 17.5. The number of ether oxygens (including phenoxy) is 2. The number of ketones is 1. The number of aliphatic hydroxyl groups excluding tert-OH is 1. The fraction of sp³-hybridized carbons (Fsp3) is 0.731. The van der Waals surface area contributed by atoms with Crippen LogP contribution in [0.2, 0.25) is 0 Å². The number of carbonyl (C=O) groups excluding carboxylic acids is 2. The lowest BCUT2D eigenvalue weighted by Gasteiger charge is -2.60. The molecule has 178 valence electrons. The van der Waals surface area contributed by atoms with Crippen LogP contribution < -0.4 is 5.63 Å². The molecule has 10 atom stereocenters. The first kappa shape index (κ1) is 21.5. The van der Waals surface area contributed by atoms with Gasteiger partial charge in [-0.1, -0.05) is 6.92 Å². The molecule has 4 aliphatic carbocycles. The van der Waals surface area contributed by atoms with Crippen LogP contribution in [-0.2, 0) is 19.1 Å². The third-order valence-electron chi connectivity index (χ3n) is 10.3. The van der Waals surface area contributed by atoms with Crippen LogP contribution in [-0.4, -0.2) is 40.8 Å². The van der Waals surface area contributed by atoms with E-state index >= 15 is 0 Å².